The van der Waals surface area contributed by atoms with Crippen LogP contribution in [-0.4, -0.2) is 21.9 Å². The van der Waals surface area contributed by atoms with Gasteiger partial charge in [0.2, 0.25) is 0 Å². The molecular weight excluding hydrogens is 284 g/mol. The van der Waals surface area contributed by atoms with Crippen molar-refractivity contribution in [1.29, 1.82) is 0 Å². The van der Waals surface area contributed by atoms with E-state index < -0.39 is 16.8 Å². The third kappa shape index (κ3) is 2.25. The maximum Gasteiger partial charge on any atom is 0.321 e. The third-order valence-corrected chi connectivity index (χ3v) is 5.14. The van der Waals surface area contributed by atoms with Crippen molar-refractivity contribution < 1.29 is 9.90 Å². The smallest absolute Gasteiger partial charge is 0.321 e. The molecule has 0 amide bonds. The number of aliphatic carboxylic acids is 1. The zero-order valence-electron chi connectivity index (χ0n) is 10.1. The van der Waals surface area contributed by atoms with Crippen molar-refractivity contribution in [2.45, 2.75) is 30.1 Å². The topological polar surface area (TPSA) is 62.0 Å². The van der Waals surface area contributed by atoms with E-state index in [-0.39, 0.29) is 0 Å². The zero-order valence-corrected chi connectivity index (χ0v) is 11.7. The Hall–Kier alpha value is -1.07. The standard InChI is InChI=1S/C13H13ClN2O2S/c14-10-4-2-1-3-8(10)7-13(9-5-6-9)11(12(17)18)19-16-15-13/h1-4,9,11H,5-7H2,(H,17,18). The van der Waals surface area contributed by atoms with E-state index in [2.05, 4.69) is 9.63 Å². The highest BCUT2D eigenvalue weighted by molar-refractivity contribution is 7.99. The fourth-order valence-electron chi connectivity index (χ4n) is 2.65. The Morgan fingerprint density at radius 2 is 2.21 bits per heavy atom. The minimum atomic E-state index is -0.839. The molecule has 1 heterocycles. The first-order valence-corrected chi connectivity index (χ1v) is 7.39. The molecule has 2 unspecified atom stereocenters. The minimum absolute atomic E-state index is 0.309. The zero-order chi connectivity index (χ0) is 13.5. The van der Waals surface area contributed by atoms with Crippen LogP contribution in [0.3, 0.4) is 0 Å². The average molecular weight is 297 g/mol. The molecule has 2 aliphatic rings. The van der Waals surface area contributed by atoms with Gasteiger partial charge in [0.15, 0.2) is 5.25 Å². The lowest BCUT2D eigenvalue weighted by Gasteiger charge is -2.28. The molecule has 6 heteroatoms. The lowest BCUT2D eigenvalue weighted by molar-refractivity contribution is -0.137. The van der Waals surface area contributed by atoms with Gasteiger partial charge in [0.05, 0.1) is 0 Å². The summed E-state index contributed by atoms with van der Waals surface area (Å²) in [6.07, 6.45) is 2.59. The van der Waals surface area contributed by atoms with Gasteiger partial charge in [-0.25, -0.2) is 0 Å². The Morgan fingerprint density at radius 1 is 1.47 bits per heavy atom. The summed E-state index contributed by atoms with van der Waals surface area (Å²) in [5.74, 6) is -0.530. The second-order valence-corrected chi connectivity index (χ2v) is 6.29. The van der Waals surface area contributed by atoms with Crippen LogP contribution in [0, 0.1) is 5.92 Å². The molecule has 2 atom stereocenters. The number of hydrogen-bond acceptors (Lipinski definition) is 4. The van der Waals surface area contributed by atoms with E-state index in [0.29, 0.717) is 17.4 Å². The van der Waals surface area contributed by atoms with Gasteiger partial charge in [-0.15, -0.1) is 4.52 Å². The summed E-state index contributed by atoms with van der Waals surface area (Å²) in [7, 11) is 0. The number of carboxylic acids is 1. The molecule has 100 valence electrons. The fourth-order valence-corrected chi connectivity index (χ4v) is 3.74. The van der Waals surface area contributed by atoms with Crippen LogP contribution in [0.15, 0.2) is 33.9 Å². The lowest BCUT2D eigenvalue weighted by Crippen LogP contribution is -2.45. The predicted octanol–water partition coefficient (Wildman–Crippen LogP) is 3.60. The van der Waals surface area contributed by atoms with E-state index in [1.165, 1.54) is 0 Å². The van der Waals surface area contributed by atoms with Crippen molar-refractivity contribution in [3.8, 4) is 0 Å². The second kappa shape index (κ2) is 4.80. The number of nitrogens with zero attached hydrogens (tertiary/aromatic N) is 2. The molecule has 1 fully saturated rings. The largest absolute Gasteiger partial charge is 0.480 e. The highest BCUT2D eigenvalue weighted by atomic mass is 35.5. The highest BCUT2D eigenvalue weighted by Gasteiger charge is 2.57. The Kier molecular flexibility index (Phi) is 3.27. The molecule has 3 rings (SSSR count). The van der Waals surface area contributed by atoms with E-state index in [1.807, 2.05) is 24.3 Å². The summed E-state index contributed by atoms with van der Waals surface area (Å²) in [5.41, 5.74) is 0.324. The van der Waals surface area contributed by atoms with Crippen molar-refractivity contribution >= 4 is 29.5 Å². The van der Waals surface area contributed by atoms with Crippen molar-refractivity contribution in [2.75, 3.05) is 0 Å². The van der Waals surface area contributed by atoms with Gasteiger partial charge in [0.25, 0.3) is 0 Å². The Labute approximate surface area is 120 Å². The molecule has 0 saturated heterocycles. The summed E-state index contributed by atoms with van der Waals surface area (Å²) < 4.78 is 3.94. The van der Waals surface area contributed by atoms with Gasteiger partial charge in [-0.3, -0.25) is 4.79 Å². The van der Waals surface area contributed by atoms with Crippen LogP contribution < -0.4 is 0 Å². The highest BCUT2D eigenvalue weighted by Crippen LogP contribution is 2.53. The van der Waals surface area contributed by atoms with Gasteiger partial charge in [0, 0.05) is 23.4 Å². The Bertz CT molecular complexity index is 547. The summed E-state index contributed by atoms with van der Waals surface area (Å²) in [5, 5.41) is 13.8. The van der Waals surface area contributed by atoms with Gasteiger partial charge in [-0.1, -0.05) is 29.8 Å². The summed E-state index contributed by atoms with van der Waals surface area (Å²) in [4.78, 5) is 11.5. The molecule has 1 aromatic rings. The molecule has 19 heavy (non-hydrogen) atoms. The number of hydrogen-bond donors (Lipinski definition) is 1. The molecule has 0 spiro atoms. The first-order chi connectivity index (χ1) is 9.13. The number of halogens is 1. The number of carbonyl (C=O) groups is 1. The normalized spacial score (nSPS) is 29.6. The molecule has 1 aromatic carbocycles. The van der Waals surface area contributed by atoms with E-state index in [1.54, 1.807) is 0 Å². The van der Waals surface area contributed by atoms with Crippen LogP contribution in [0.5, 0.6) is 0 Å². The van der Waals surface area contributed by atoms with Crippen LogP contribution in [0.4, 0.5) is 0 Å². The van der Waals surface area contributed by atoms with Crippen LogP contribution >= 0.6 is 23.5 Å². The minimum Gasteiger partial charge on any atom is -0.480 e. The number of carboxylic acid groups (broad SMARTS) is 1. The Morgan fingerprint density at radius 3 is 2.84 bits per heavy atom. The Balaban J connectivity index is 1.96. The molecule has 1 saturated carbocycles. The van der Waals surface area contributed by atoms with E-state index in [9.17, 15) is 9.90 Å². The van der Waals surface area contributed by atoms with Crippen molar-refractivity contribution in [3.63, 3.8) is 0 Å². The predicted molar refractivity (Wildman–Crippen MR) is 74.5 cm³/mol. The molecule has 0 aromatic heterocycles. The molecule has 0 radical (unpaired) electrons. The monoisotopic (exact) mass is 296 g/mol. The number of rotatable bonds is 4. The second-order valence-electron chi connectivity index (χ2n) is 5.04. The van der Waals surface area contributed by atoms with Gasteiger partial charge in [-0.05, 0) is 30.4 Å². The van der Waals surface area contributed by atoms with E-state index in [0.717, 1.165) is 30.4 Å². The maximum atomic E-state index is 11.5. The molecule has 4 nitrogen and oxygen atoms in total. The quantitative estimate of drug-likeness (QED) is 0.864. The van der Waals surface area contributed by atoms with Gasteiger partial charge in [0.1, 0.15) is 5.54 Å². The van der Waals surface area contributed by atoms with Crippen molar-refractivity contribution in [3.05, 3.63) is 34.9 Å². The van der Waals surface area contributed by atoms with Gasteiger partial charge >= 0.3 is 5.97 Å². The fraction of sp³-hybridized carbons (Fsp3) is 0.462. The molecule has 0 bridgehead atoms. The van der Waals surface area contributed by atoms with E-state index >= 15 is 0 Å². The number of benzene rings is 1. The third-order valence-electron chi connectivity index (χ3n) is 3.77. The maximum absolute atomic E-state index is 11.5. The molecule has 1 aliphatic heterocycles. The summed E-state index contributed by atoms with van der Waals surface area (Å²) in [6, 6.07) is 7.54. The van der Waals surface area contributed by atoms with Crippen molar-refractivity contribution in [2.24, 2.45) is 15.6 Å². The van der Waals surface area contributed by atoms with Crippen LogP contribution in [0.1, 0.15) is 18.4 Å². The van der Waals surface area contributed by atoms with E-state index in [4.69, 9.17) is 11.6 Å². The van der Waals surface area contributed by atoms with Crippen LogP contribution in [-0.2, 0) is 11.2 Å². The summed E-state index contributed by atoms with van der Waals surface area (Å²) in [6.45, 7) is 0. The average Bonchev–Trinajstić information content (AvgIpc) is 3.14. The van der Waals surface area contributed by atoms with Crippen LogP contribution in [0.25, 0.3) is 0 Å². The SMILES string of the molecule is O=C(O)C1SN=NC1(Cc1ccccc1Cl)C1CC1. The summed E-state index contributed by atoms with van der Waals surface area (Å²) >= 11 is 7.26. The van der Waals surface area contributed by atoms with Crippen molar-refractivity contribution in [1.82, 2.24) is 0 Å². The lowest BCUT2D eigenvalue weighted by atomic mass is 9.83. The molecule has 1 aliphatic carbocycles. The van der Waals surface area contributed by atoms with Crippen LogP contribution in [0.2, 0.25) is 5.02 Å². The van der Waals surface area contributed by atoms with Gasteiger partial charge in [-0.2, -0.15) is 5.11 Å². The molecule has 1 N–H and O–H groups in total. The first-order valence-electron chi connectivity index (χ1n) is 6.18. The van der Waals surface area contributed by atoms with Gasteiger partial charge < -0.3 is 5.11 Å². The first kappa shape index (κ1) is 12.9. The molecular formula is C13H13ClN2O2S.